The minimum Gasteiger partial charge on any atom is -0.480 e. The maximum absolute atomic E-state index is 13.8. The summed E-state index contributed by atoms with van der Waals surface area (Å²) in [4.78, 5) is 16.9. The fourth-order valence-electron chi connectivity index (χ4n) is 4.41. The van der Waals surface area contributed by atoms with E-state index in [1.165, 1.54) is 24.3 Å². The first-order valence-electron chi connectivity index (χ1n) is 11.5. The van der Waals surface area contributed by atoms with Gasteiger partial charge in [0.05, 0.1) is 17.1 Å². The summed E-state index contributed by atoms with van der Waals surface area (Å²) < 4.78 is 66.7. The number of nitrogens with zero attached hydrogens (tertiary/aromatic N) is 3. The number of hydrogen-bond acceptors (Lipinski definition) is 5. The van der Waals surface area contributed by atoms with Gasteiger partial charge in [0.1, 0.15) is 17.3 Å². The van der Waals surface area contributed by atoms with Crippen LogP contribution in [-0.4, -0.2) is 45.9 Å². The lowest BCUT2D eigenvalue weighted by Crippen LogP contribution is -2.50. The van der Waals surface area contributed by atoms with E-state index in [1.54, 1.807) is 10.9 Å². The topological polar surface area (TPSA) is 78.3 Å². The number of halogens is 4. The van der Waals surface area contributed by atoms with Crippen LogP contribution in [0.2, 0.25) is 0 Å². The number of pyridine rings is 1. The van der Waals surface area contributed by atoms with E-state index in [2.05, 4.69) is 15.4 Å². The number of anilines is 1. The van der Waals surface area contributed by atoms with Crippen molar-refractivity contribution in [3.05, 3.63) is 47.8 Å². The van der Waals surface area contributed by atoms with Crippen LogP contribution in [0.25, 0.3) is 10.9 Å². The zero-order valence-corrected chi connectivity index (χ0v) is 18.7. The van der Waals surface area contributed by atoms with Crippen molar-refractivity contribution < 1.29 is 31.8 Å². The Morgan fingerprint density at radius 3 is 2.60 bits per heavy atom. The number of benzene rings is 1. The van der Waals surface area contributed by atoms with Gasteiger partial charge in [0.15, 0.2) is 5.60 Å². The van der Waals surface area contributed by atoms with E-state index in [9.17, 15) is 22.4 Å². The summed E-state index contributed by atoms with van der Waals surface area (Å²) in [6, 6.07) is 7.01. The molecule has 1 saturated heterocycles. The predicted octanol–water partition coefficient (Wildman–Crippen LogP) is 5.54. The van der Waals surface area contributed by atoms with Gasteiger partial charge >= 0.3 is 0 Å². The number of ether oxygens (including phenoxy) is 2. The van der Waals surface area contributed by atoms with Crippen LogP contribution < -0.4 is 10.1 Å². The van der Waals surface area contributed by atoms with Gasteiger partial charge in [-0.05, 0) is 50.3 Å². The van der Waals surface area contributed by atoms with E-state index < -0.39 is 30.1 Å². The quantitative estimate of drug-likeness (QED) is 0.438. The van der Waals surface area contributed by atoms with Crippen molar-refractivity contribution in [3.63, 3.8) is 0 Å². The Bertz CT molecular complexity index is 1220. The Morgan fingerprint density at radius 1 is 1.17 bits per heavy atom. The molecule has 3 aromatic rings. The Hall–Kier alpha value is -3.21. The van der Waals surface area contributed by atoms with E-state index in [4.69, 9.17) is 9.47 Å². The number of nitrogens with one attached hydrogen (secondary N) is 1. The molecule has 1 saturated carbocycles. The molecule has 1 aromatic carbocycles. The van der Waals surface area contributed by atoms with Gasteiger partial charge in [-0.15, -0.1) is 0 Å². The van der Waals surface area contributed by atoms with Gasteiger partial charge in [-0.1, -0.05) is 6.07 Å². The first kappa shape index (κ1) is 23.5. The third-order valence-corrected chi connectivity index (χ3v) is 6.58. The normalized spacial score (nSPS) is 18.1. The van der Waals surface area contributed by atoms with E-state index in [0.29, 0.717) is 30.5 Å². The SMILES string of the molecule is O=C(Nc1cccc(C(F)F)n1)c1cc2cn(C3CCOCC3)nc2cc1OC1(C(F)F)CCC1. The van der Waals surface area contributed by atoms with Crippen molar-refractivity contribution >= 4 is 22.6 Å². The van der Waals surface area contributed by atoms with Crippen molar-refractivity contribution in [1.82, 2.24) is 14.8 Å². The molecule has 2 aliphatic rings. The van der Waals surface area contributed by atoms with Gasteiger partial charge in [-0.2, -0.15) is 5.10 Å². The molecule has 1 amide bonds. The third kappa shape index (κ3) is 4.69. The number of carbonyl (C=O) groups excluding carboxylic acids is 1. The van der Waals surface area contributed by atoms with Crippen LogP contribution in [0.1, 0.15) is 60.6 Å². The standard InChI is InChI=1S/C24H24F4N4O3/c25-21(26)17-3-1-4-20(29-17)30-22(33)16-11-14-13-32(15-5-9-34-10-6-15)31-18(14)12-19(16)35-24(23(27)28)7-2-8-24/h1,3-4,11-13,15,21,23H,2,5-10H2,(H,29,30,33). The molecule has 5 rings (SSSR count). The van der Waals surface area contributed by atoms with Crippen molar-refractivity contribution in [2.24, 2.45) is 0 Å². The molecule has 0 bridgehead atoms. The summed E-state index contributed by atoms with van der Waals surface area (Å²) in [6.45, 7) is 1.23. The predicted molar refractivity (Wildman–Crippen MR) is 119 cm³/mol. The lowest BCUT2D eigenvalue weighted by atomic mass is 9.80. The van der Waals surface area contributed by atoms with Gasteiger partial charge < -0.3 is 14.8 Å². The molecule has 0 spiro atoms. The van der Waals surface area contributed by atoms with E-state index in [0.717, 1.165) is 18.9 Å². The zero-order valence-electron chi connectivity index (χ0n) is 18.7. The van der Waals surface area contributed by atoms with Gasteiger partial charge in [-0.25, -0.2) is 22.5 Å². The van der Waals surface area contributed by atoms with Crippen LogP contribution in [0.3, 0.4) is 0 Å². The van der Waals surface area contributed by atoms with Crippen LogP contribution in [0, 0.1) is 0 Å². The molecular formula is C24H24F4N4O3. The molecule has 2 aromatic heterocycles. The number of amides is 1. The lowest BCUT2D eigenvalue weighted by molar-refractivity contribution is -0.124. The first-order chi connectivity index (χ1) is 16.8. The fraction of sp³-hybridized carbons (Fsp3) is 0.458. The van der Waals surface area contributed by atoms with E-state index in [1.807, 2.05) is 0 Å². The maximum atomic E-state index is 13.8. The smallest absolute Gasteiger partial charge is 0.280 e. The molecule has 1 aliphatic carbocycles. The highest BCUT2D eigenvalue weighted by Gasteiger charge is 2.48. The second-order valence-electron chi connectivity index (χ2n) is 8.88. The number of hydrogen-bond donors (Lipinski definition) is 1. The Kier molecular flexibility index (Phi) is 6.35. The van der Waals surface area contributed by atoms with Crippen LogP contribution in [0.5, 0.6) is 5.75 Å². The van der Waals surface area contributed by atoms with Crippen LogP contribution in [0.15, 0.2) is 36.5 Å². The maximum Gasteiger partial charge on any atom is 0.280 e. The lowest BCUT2D eigenvalue weighted by Gasteiger charge is -2.41. The number of fused-ring (bicyclic) bond motifs is 1. The molecule has 3 heterocycles. The summed E-state index contributed by atoms with van der Waals surface area (Å²) in [5, 5.41) is 7.71. The molecule has 0 atom stereocenters. The average molecular weight is 492 g/mol. The molecule has 0 radical (unpaired) electrons. The molecule has 11 heteroatoms. The number of rotatable bonds is 7. The monoisotopic (exact) mass is 492 g/mol. The Balaban J connectivity index is 1.51. The highest BCUT2D eigenvalue weighted by Crippen LogP contribution is 2.43. The first-order valence-corrected chi connectivity index (χ1v) is 11.5. The summed E-state index contributed by atoms with van der Waals surface area (Å²) in [6.07, 6.45) is -1.24. The summed E-state index contributed by atoms with van der Waals surface area (Å²) in [5.74, 6) is -0.815. The minimum atomic E-state index is -2.80. The van der Waals surface area contributed by atoms with Crippen molar-refractivity contribution in [2.45, 2.75) is 56.6 Å². The molecule has 35 heavy (non-hydrogen) atoms. The van der Waals surface area contributed by atoms with E-state index >= 15 is 0 Å². The molecule has 1 aliphatic heterocycles. The van der Waals surface area contributed by atoms with Crippen LogP contribution >= 0.6 is 0 Å². The molecule has 7 nitrogen and oxygen atoms in total. The minimum absolute atomic E-state index is 0.000187. The van der Waals surface area contributed by atoms with Crippen molar-refractivity contribution in [1.29, 1.82) is 0 Å². The summed E-state index contributed by atoms with van der Waals surface area (Å²) in [7, 11) is 0. The van der Waals surface area contributed by atoms with Crippen LogP contribution in [0.4, 0.5) is 23.4 Å². The van der Waals surface area contributed by atoms with Gasteiger partial charge in [0.25, 0.3) is 18.8 Å². The van der Waals surface area contributed by atoms with Crippen LogP contribution in [-0.2, 0) is 4.74 Å². The van der Waals surface area contributed by atoms with Crippen molar-refractivity contribution in [3.8, 4) is 5.75 Å². The second-order valence-corrected chi connectivity index (χ2v) is 8.88. The van der Waals surface area contributed by atoms with Gasteiger partial charge in [-0.3, -0.25) is 9.48 Å². The number of aromatic nitrogens is 3. The number of alkyl halides is 4. The van der Waals surface area contributed by atoms with Gasteiger partial charge in [0.2, 0.25) is 0 Å². The molecule has 2 fully saturated rings. The van der Waals surface area contributed by atoms with E-state index in [-0.39, 0.29) is 36.0 Å². The molecular weight excluding hydrogens is 468 g/mol. The highest BCUT2D eigenvalue weighted by atomic mass is 19.3. The molecule has 186 valence electrons. The highest BCUT2D eigenvalue weighted by molar-refractivity contribution is 6.08. The fourth-order valence-corrected chi connectivity index (χ4v) is 4.41. The number of carbonyl (C=O) groups is 1. The summed E-state index contributed by atoms with van der Waals surface area (Å²) in [5.41, 5.74) is -1.65. The third-order valence-electron chi connectivity index (χ3n) is 6.58. The molecule has 0 unspecified atom stereocenters. The van der Waals surface area contributed by atoms with Crippen molar-refractivity contribution in [2.75, 3.05) is 18.5 Å². The average Bonchev–Trinajstić information content (AvgIpc) is 3.24. The molecule has 1 N–H and O–H groups in total. The Morgan fingerprint density at radius 2 is 1.94 bits per heavy atom. The summed E-state index contributed by atoms with van der Waals surface area (Å²) >= 11 is 0. The second kappa shape index (κ2) is 9.44. The Labute approximate surface area is 198 Å². The zero-order chi connectivity index (χ0) is 24.6. The largest absolute Gasteiger partial charge is 0.480 e. The van der Waals surface area contributed by atoms with Gasteiger partial charge in [0, 0.05) is 30.9 Å².